The fourth-order valence-corrected chi connectivity index (χ4v) is 3.70. The zero-order chi connectivity index (χ0) is 12.3. The fourth-order valence-electron chi connectivity index (χ4n) is 1.77. The Morgan fingerprint density at radius 1 is 1.59 bits per heavy atom. The van der Waals surface area contributed by atoms with Crippen molar-refractivity contribution in [2.24, 2.45) is 0 Å². The second-order valence-corrected chi connectivity index (χ2v) is 6.74. The Balaban J connectivity index is 1.83. The van der Waals surface area contributed by atoms with Gasteiger partial charge in [-0.25, -0.2) is 0 Å². The Bertz CT molecular complexity index is 378. The average molecular weight is 270 g/mol. The molecule has 94 valence electrons. The Labute approximate surface area is 110 Å². The standard InChI is InChI=1S/C12H18N2OS2/c1-8-5-10(17-9(8)2)6-14-12(15)11-7-16-4-3-13-11/h5,11,13H,3-4,6-7H2,1-2H3,(H,14,15). The molecule has 0 saturated carbocycles. The van der Waals surface area contributed by atoms with Gasteiger partial charge in [-0.15, -0.1) is 11.3 Å². The molecule has 2 rings (SSSR count). The molecule has 2 N–H and O–H groups in total. The van der Waals surface area contributed by atoms with E-state index in [-0.39, 0.29) is 11.9 Å². The second-order valence-electron chi connectivity index (χ2n) is 4.25. The topological polar surface area (TPSA) is 41.1 Å². The van der Waals surface area contributed by atoms with Gasteiger partial charge < -0.3 is 10.6 Å². The number of thiophene rings is 1. The molecule has 1 aromatic rings. The summed E-state index contributed by atoms with van der Waals surface area (Å²) in [6, 6.07) is 2.14. The zero-order valence-corrected chi connectivity index (χ0v) is 11.8. The number of carbonyl (C=O) groups excluding carboxylic acids is 1. The molecule has 1 atom stereocenters. The molecule has 1 fully saturated rings. The molecule has 0 aromatic carbocycles. The summed E-state index contributed by atoms with van der Waals surface area (Å²) in [6.45, 7) is 5.81. The van der Waals surface area contributed by atoms with Crippen LogP contribution in [0.3, 0.4) is 0 Å². The van der Waals surface area contributed by atoms with Gasteiger partial charge >= 0.3 is 0 Å². The van der Waals surface area contributed by atoms with Crippen LogP contribution in [0.1, 0.15) is 15.3 Å². The van der Waals surface area contributed by atoms with Gasteiger partial charge in [0.25, 0.3) is 0 Å². The quantitative estimate of drug-likeness (QED) is 0.878. The molecule has 5 heteroatoms. The maximum atomic E-state index is 11.9. The molecular weight excluding hydrogens is 252 g/mol. The third kappa shape index (κ3) is 3.47. The lowest BCUT2D eigenvalue weighted by atomic mass is 10.2. The fraction of sp³-hybridized carbons (Fsp3) is 0.583. The summed E-state index contributed by atoms with van der Waals surface area (Å²) in [6.07, 6.45) is 0. The molecule has 3 nitrogen and oxygen atoms in total. The van der Waals surface area contributed by atoms with E-state index in [4.69, 9.17) is 0 Å². The predicted molar refractivity (Wildman–Crippen MR) is 74.8 cm³/mol. The highest BCUT2D eigenvalue weighted by Crippen LogP contribution is 2.20. The number of amides is 1. The lowest BCUT2D eigenvalue weighted by Gasteiger charge is -2.22. The maximum Gasteiger partial charge on any atom is 0.238 e. The van der Waals surface area contributed by atoms with Crippen LogP contribution < -0.4 is 10.6 Å². The maximum absolute atomic E-state index is 11.9. The lowest BCUT2D eigenvalue weighted by Crippen LogP contribution is -2.48. The van der Waals surface area contributed by atoms with E-state index in [0.717, 1.165) is 18.1 Å². The van der Waals surface area contributed by atoms with Crippen molar-refractivity contribution in [1.29, 1.82) is 0 Å². The van der Waals surface area contributed by atoms with Crippen LogP contribution in [0.5, 0.6) is 0 Å². The molecule has 17 heavy (non-hydrogen) atoms. The predicted octanol–water partition coefficient (Wildman–Crippen LogP) is 1.69. The first-order chi connectivity index (χ1) is 8.16. The van der Waals surface area contributed by atoms with Crippen LogP contribution in [-0.4, -0.2) is 30.0 Å². The number of thioether (sulfide) groups is 1. The first kappa shape index (κ1) is 12.9. The Morgan fingerprint density at radius 2 is 2.41 bits per heavy atom. The van der Waals surface area contributed by atoms with Crippen LogP contribution in [0, 0.1) is 13.8 Å². The van der Waals surface area contributed by atoms with Gasteiger partial charge in [-0.2, -0.15) is 11.8 Å². The normalized spacial score (nSPS) is 20.2. The van der Waals surface area contributed by atoms with Gasteiger partial charge in [0.15, 0.2) is 0 Å². The highest BCUT2D eigenvalue weighted by atomic mass is 32.2. The smallest absolute Gasteiger partial charge is 0.238 e. The van der Waals surface area contributed by atoms with E-state index < -0.39 is 0 Å². The Morgan fingerprint density at radius 3 is 3.00 bits per heavy atom. The molecule has 1 aliphatic heterocycles. The molecule has 1 amide bonds. The third-order valence-electron chi connectivity index (χ3n) is 2.89. The molecule has 1 unspecified atom stereocenters. The van der Waals surface area contributed by atoms with Crippen LogP contribution in [0.25, 0.3) is 0 Å². The summed E-state index contributed by atoms with van der Waals surface area (Å²) in [5.41, 5.74) is 1.31. The van der Waals surface area contributed by atoms with Crippen molar-refractivity contribution in [3.05, 3.63) is 21.4 Å². The minimum absolute atomic E-state index is 0.0177. The molecule has 0 spiro atoms. The highest BCUT2D eigenvalue weighted by molar-refractivity contribution is 7.99. The van der Waals surface area contributed by atoms with E-state index >= 15 is 0 Å². The van der Waals surface area contributed by atoms with Crippen molar-refractivity contribution < 1.29 is 4.79 Å². The SMILES string of the molecule is Cc1cc(CNC(=O)C2CSCCN2)sc1C. The summed E-state index contributed by atoms with van der Waals surface area (Å²) >= 11 is 3.60. The Kier molecular flexibility index (Phi) is 4.48. The number of carbonyl (C=O) groups is 1. The van der Waals surface area contributed by atoms with Crippen molar-refractivity contribution in [2.75, 3.05) is 18.1 Å². The Hall–Kier alpha value is -0.520. The van der Waals surface area contributed by atoms with E-state index in [1.165, 1.54) is 15.3 Å². The van der Waals surface area contributed by atoms with Gasteiger partial charge in [0.1, 0.15) is 0 Å². The largest absolute Gasteiger partial charge is 0.350 e. The van der Waals surface area contributed by atoms with Crippen LogP contribution in [0.2, 0.25) is 0 Å². The molecular formula is C12H18N2OS2. The summed E-state index contributed by atoms with van der Waals surface area (Å²) in [4.78, 5) is 14.4. The number of hydrogen-bond acceptors (Lipinski definition) is 4. The van der Waals surface area contributed by atoms with Crippen molar-refractivity contribution in [1.82, 2.24) is 10.6 Å². The van der Waals surface area contributed by atoms with Crippen molar-refractivity contribution in [3.63, 3.8) is 0 Å². The van der Waals surface area contributed by atoms with Crippen LogP contribution in [0.4, 0.5) is 0 Å². The summed E-state index contributed by atoms with van der Waals surface area (Å²) in [7, 11) is 0. The van der Waals surface area contributed by atoms with E-state index in [1.54, 1.807) is 11.3 Å². The van der Waals surface area contributed by atoms with Crippen molar-refractivity contribution in [2.45, 2.75) is 26.4 Å². The molecule has 2 heterocycles. The highest BCUT2D eigenvalue weighted by Gasteiger charge is 2.20. The summed E-state index contributed by atoms with van der Waals surface area (Å²) in [5, 5.41) is 6.25. The molecule has 0 aliphatic carbocycles. The number of hydrogen-bond donors (Lipinski definition) is 2. The van der Waals surface area contributed by atoms with Gasteiger partial charge in [0, 0.05) is 27.8 Å². The van der Waals surface area contributed by atoms with Gasteiger partial charge in [0.2, 0.25) is 5.91 Å². The summed E-state index contributed by atoms with van der Waals surface area (Å²) in [5.74, 6) is 2.11. The molecule has 1 aliphatic rings. The molecule has 0 bridgehead atoms. The lowest BCUT2D eigenvalue weighted by molar-refractivity contribution is -0.122. The van der Waals surface area contributed by atoms with Crippen LogP contribution in [-0.2, 0) is 11.3 Å². The average Bonchev–Trinajstić information content (AvgIpc) is 2.67. The molecule has 0 radical (unpaired) electrons. The monoisotopic (exact) mass is 270 g/mol. The minimum Gasteiger partial charge on any atom is -0.350 e. The molecule has 1 aromatic heterocycles. The first-order valence-electron chi connectivity index (χ1n) is 5.81. The number of nitrogens with one attached hydrogen (secondary N) is 2. The minimum atomic E-state index is -0.0177. The molecule has 1 saturated heterocycles. The van der Waals surface area contributed by atoms with E-state index in [0.29, 0.717) is 6.54 Å². The number of rotatable bonds is 3. The van der Waals surface area contributed by atoms with Gasteiger partial charge in [-0.3, -0.25) is 4.79 Å². The third-order valence-corrected chi connectivity index (χ3v) is 5.11. The van der Waals surface area contributed by atoms with E-state index in [1.807, 2.05) is 11.8 Å². The van der Waals surface area contributed by atoms with Gasteiger partial charge in [-0.05, 0) is 25.5 Å². The zero-order valence-electron chi connectivity index (χ0n) is 10.2. The second kappa shape index (κ2) is 5.89. The van der Waals surface area contributed by atoms with Crippen LogP contribution >= 0.6 is 23.1 Å². The van der Waals surface area contributed by atoms with E-state index in [9.17, 15) is 4.79 Å². The van der Waals surface area contributed by atoms with Gasteiger partial charge in [0.05, 0.1) is 12.6 Å². The van der Waals surface area contributed by atoms with Crippen molar-refractivity contribution in [3.8, 4) is 0 Å². The number of aryl methyl sites for hydroxylation is 2. The van der Waals surface area contributed by atoms with Crippen molar-refractivity contribution >= 4 is 29.0 Å². The van der Waals surface area contributed by atoms with E-state index in [2.05, 4.69) is 30.5 Å². The van der Waals surface area contributed by atoms with Gasteiger partial charge in [-0.1, -0.05) is 0 Å². The summed E-state index contributed by atoms with van der Waals surface area (Å²) < 4.78 is 0. The van der Waals surface area contributed by atoms with Crippen LogP contribution in [0.15, 0.2) is 6.07 Å². The first-order valence-corrected chi connectivity index (χ1v) is 7.78.